The van der Waals surface area contributed by atoms with Crippen LogP contribution in [0.25, 0.3) is 0 Å². The van der Waals surface area contributed by atoms with Crippen molar-refractivity contribution in [2.24, 2.45) is 0 Å². The summed E-state index contributed by atoms with van der Waals surface area (Å²) in [5.74, 6) is -0.242. The quantitative estimate of drug-likeness (QED) is 0.883. The first-order chi connectivity index (χ1) is 8.99. The van der Waals surface area contributed by atoms with Crippen molar-refractivity contribution >= 4 is 39.1 Å². The Kier molecular flexibility index (Phi) is 4.22. The highest BCUT2D eigenvalue weighted by atomic mass is 79.9. The van der Waals surface area contributed by atoms with Crippen molar-refractivity contribution in [2.45, 2.75) is 13.8 Å². The lowest BCUT2D eigenvalue weighted by Gasteiger charge is -2.10. The summed E-state index contributed by atoms with van der Waals surface area (Å²) < 4.78 is 1.05. The Labute approximate surface area is 125 Å². The number of aryl methyl sites for hydroxylation is 2. The lowest BCUT2D eigenvalue weighted by Crippen LogP contribution is -2.12. The molecule has 0 fully saturated rings. The third kappa shape index (κ3) is 3.14. The minimum absolute atomic E-state index is 0.242. The Morgan fingerprint density at radius 2 is 1.95 bits per heavy atom. The zero-order chi connectivity index (χ0) is 14.0. The SMILES string of the molecule is Cc1cc(NC(=O)c2ccncc2Cl)cc(C)c1Br. The largest absolute Gasteiger partial charge is 0.322 e. The van der Waals surface area contributed by atoms with Crippen LogP contribution in [0.1, 0.15) is 21.5 Å². The normalized spacial score (nSPS) is 10.3. The smallest absolute Gasteiger partial charge is 0.257 e. The number of hydrogen-bond acceptors (Lipinski definition) is 2. The van der Waals surface area contributed by atoms with Gasteiger partial charge in [-0.2, -0.15) is 0 Å². The van der Waals surface area contributed by atoms with Gasteiger partial charge in [0.15, 0.2) is 0 Å². The average molecular weight is 340 g/mol. The van der Waals surface area contributed by atoms with E-state index < -0.39 is 0 Å². The molecule has 0 bridgehead atoms. The van der Waals surface area contributed by atoms with Gasteiger partial charge in [0.1, 0.15) is 0 Å². The number of carbonyl (C=O) groups is 1. The van der Waals surface area contributed by atoms with Crippen molar-refractivity contribution in [3.63, 3.8) is 0 Å². The second kappa shape index (κ2) is 5.72. The second-order valence-electron chi connectivity index (χ2n) is 4.23. The highest BCUT2D eigenvalue weighted by Gasteiger charge is 2.11. The molecule has 1 heterocycles. The van der Waals surface area contributed by atoms with Crippen molar-refractivity contribution in [3.05, 3.63) is 56.8 Å². The summed E-state index contributed by atoms with van der Waals surface area (Å²) in [6.45, 7) is 3.96. The fourth-order valence-electron chi connectivity index (χ4n) is 1.78. The van der Waals surface area contributed by atoms with Crippen LogP contribution >= 0.6 is 27.5 Å². The standard InChI is InChI=1S/C14H12BrClN2O/c1-8-5-10(6-9(2)13(8)15)18-14(19)11-3-4-17-7-12(11)16/h3-7H,1-2H3,(H,18,19). The van der Waals surface area contributed by atoms with E-state index in [0.29, 0.717) is 10.6 Å². The minimum Gasteiger partial charge on any atom is -0.322 e. The van der Waals surface area contributed by atoms with Crippen molar-refractivity contribution in [1.82, 2.24) is 4.98 Å². The molecule has 2 aromatic rings. The summed E-state index contributed by atoms with van der Waals surface area (Å²) in [6.07, 6.45) is 2.99. The van der Waals surface area contributed by atoms with E-state index in [-0.39, 0.29) is 5.91 Å². The number of nitrogens with zero attached hydrogens (tertiary/aromatic N) is 1. The van der Waals surface area contributed by atoms with Crippen molar-refractivity contribution < 1.29 is 4.79 Å². The average Bonchev–Trinajstić information content (AvgIpc) is 2.36. The van der Waals surface area contributed by atoms with E-state index in [4.69, 9.17) is 11.6 Å². The molecule has 1 aromatic heterocycles. The van der Waals surface area contributed by atoms with Gasteiger partial charge in [-0.3, -0.25) is 9.78 Å². The van der Waals surface area contributed by atoms with Gasteiger partial charge in [0.25, 0.3) is 5.91 Å². The molecule has 0 aliphatic carbocycles. The third-order valence-electron chi connectivity index (χ3n) is 2.71. The van der Waals surface area contributed by atoms with E-state index >= 15 is 0 Å². The molecule has 3 nitrogen and oxygen atoms in total. The molecule has 0 saturated heterocycles. The molecular formula is C14H12BrClN2O. The van der Waals surface area contributed by atoms with Gasteiger partial charge >= 0.3 is 0 Å². The Morgan fingerprint density at radius 1 is 1.32 bits per heavy atom. The Bertz CT molecular complexity index is 620. The van der Waals surface area contributed by atoms with E-state index in [1.165, 1.54) is 6.20 Å². The first-order valence-electron chi connectivity index (χ1n) is 5.66. The molecule has 0 aliphatic heterocycles. The molecule has 1 amide bonds. The molecule has 2 rings (SSSR count). The van der Waals surface area contributed by atoms with Crippen LogP contribution in [0.5, 0.6) is 0 Å². The highest BCUT2D eigenvalue weighted by molar-refractivity contribution is 9.10. The molecule has 19 heavy (non-hydrogen) atoms. The monoisotopic (exact) mass is 338 g/mol. The summed E-state index contributed by atoms with van der Waals surface area (Å²) in [5.41, 5.74) is 3.29. The number of pyridine rings is 1. The van der Waals surface area contributed by atoms with Gasteiger partial charge in [-0.05, 0) is 43.2 Å². The molecule has 0 spiro atoms. The summed E-state index contributed by atoms with van der Waals surface area (Å²) in [7, 11) is 0. The maximum atomic E-state index is 12.1. The fraction of sp³-hybridized carbons (Fsp3) is 0.143. The van der Waals surface area contributed by atoms with Crippen LogP contribution in [-0.4, -0.2) is 10.9 Å². The second-order valence-corrected chi connectivity index (χ2v) is 5.43. The first kappa shape index (κ1) is 14.0. The molecular weight excluding hydrogens is 328 g/mol. The van der Waals surface area contributed by atoms with Crippen molar-refractivity contribution in [1.29, 1.82) is 0 Å². The topological polar surface area (TPSA) is 42.0 Å². The lowest BCUT2D eigenvalue weighted by molar-refractivity contribution is 0.102. The lowest BCUT2D eigenvalue weighted by atomic mass is 10.1. The summed E-state index contributed by atoms with van der Waals surface area (Å²) in [4.78, 5) is 16.0. The number of halogens is 2. The number of anilines is 1. The number of carbonyl (C=O) groups excluding carboxylic acids is 1. The van der Waals surface area contributed by atoms with Gasteiger partial charge in [0.05, 0.1) is 10.6 Å². The molecule has 0 unspecified atom stereocenters. The summed E-state index contributed by atoms with van der Waals surface area (Å²) >= 11 is 9.44. The number of rotatable bonds is 2. The van der Waals surface area contributed by atoms with Gasteiger partial charge < -0.3 is 5.32 Å². The van der Waals surface area contributed by atoms with E-state index in [0.717, 1.165) is 21.3 Å². The molecule has 0 radical (unpaired) electrons. The van der Waals surface area contributed by atoms with Crippen LogP contribution in [0, 0.1) is 13.8 Å². The van der Waals surface area contributed by atoms with Crippen LogP contribution in [0.2, 0.25) is 5.02 Å². The van der Waals surface area contributed by atoms with E-state index in [1.807, 2.05) is 26.0 Å². The predicted octanol–water partition coefficient (Wildman–Crippen LogP) is 4.37. The zero-order valence-electron chi connectivity index (χ0n) is 10.5. The molecule has 1 N–H and O–H groups in total. The summed E-state index contributed by atoms with van der Waals surface area (Å²) in [6, 6.07) is 5.41. The zero-order valence-corrected chi connectivity index (χ0v) is 12.8. The molecule has 0 aliphatic rings. The maximum Gasteiger partial charge on any atom is 0.257 e. The number of benzene rings is 1. The van der Waals surface area contributed by atoms with Crippen LogP contribution in [0.3, 0.4) is 0 Å². The van der Waals surface area contributed by atoms with Gasteiger partial charge in [-0.1, -0.05) is 27.5 Å². The molecule has 1 aromatic carbocycles. The van der Waals surface area contributed by atoms with Gasteiger partial charge in [0.2, 0.25) is 0 Å². The predicted molar refractivity (Wildman–Crippen MR) is 80.8 cm³/mol. The minimum atomic E-state index is -0.242. The fourth-order valence-corrected chi connectivity index (χ4v) is 2.21. The van der Waals surface area contributed by atoms with Gasteiger partial charge in [-0.25, -0.2) is 0 Å². The third-order valence-corrected chi connectivity index (χ3v) is 4.26. The van der Waals surface area contributed by atoms with Gasteiger partial charge in [-0.15, -0.1) is 0 Å². The van der Waals surface area contributed by atoms with E-state index in [9.17, 15) is 4.79 Å². The number of nitrogens with one attached hydrogen (secondary N) is 1. The molecule has 0 saturated carbocycles. The highest BCUT2D eigenvalue weighted by Crippen LogP contribution is 2.25. The van der Waals surface area contributed by atoms with Crippen LogP contribution in [-0.2, 0) is 0 Å². The molecule has 0 atom stereocenters. The Balaban J connectivity index is 2.27. The van der Waals surface area contributed by atoms with Crippen LogP contribution < -0.4 is 5.32 Å². The maximum absolute atomic E-state index is 12.1. The van der Waals surface area contributed by atoms with E-state index in [2.05, 4.69) is 26.2 Å². The number of amides is 1. The summed E-state index contributed by atoms with van der Waals surface area (Å²) in [5, 5.41) is 3.17. The molecule has 5 heteroatoms. The van der Waals surface area contributed by atoms with Crippen LogP contribution in [0.15, 0.2) is 35.1 Å². The Hall–Kier alpha value is -1.39. The Morgan fingerprint density at radius 3 is 2.53 bits per heavy atom. The number of hydrogen-bond donors (Lipinski definition) is 1. The molecule has 98 valence electrons. The van der Waals surface area contributed by atoms with Gasteiger partial charge in [0, 0.05) is 22.6 Å². The van der Waals surface area contributed by atoms with E-state index in [1.54, 1.807) is 12.3 Å². The van der Waals surface area contributed by atoms with Crippen LogP contribution in [0.4, 0.5) is 5.69 Å². The first-order valence-corrected chi connectivity index (χ1v) is 6.83. The van der Waals surface area contributed by atoms with Crippen molar-refractivity contribution in [3.8, 4) is 0 Å². The van der Waals surface area contributed by atoms with Crippen molar-refractivity contribution in [2.75, 3.05) is 5.32 Å². The number of aromatic nitrogens is 1.